The van der Waals surface area contributed by atoms with Crippen molar-refractivity contribution in [3.63, 3.8) is 0 Å². The van der Waals surface area contributed by atoms with Gasteiger partial charge in [-0.25, -0.2) is 14.4 Å². The van der Waals surface area contributed by atoms with Crippen molar-refractivity contribution in [2.24, 2.45) is 7.05 Å². The first kappa shape index (κ1) is 34.4. The molecular weight excluding hydrogens is 689 g/mol. The van der Waals surface area contributed by atoms with E-state index in [4.69, 9.17) is 9.15 Å². The van der Waals surface area contributed by atoms with Crippen LogP contribution in [0.5, 0.6) is 11.6 Å². The average molecular weight is 724 g/mol. The Morgan fingerprint density at radius 2 is 1.78 bits per heavy atom. The van der Waals surface area contributed by atoms with Crippen LogP contribution in [0.2, 0.25) is 0 Å². The fourth-order valence-electron chi connectivity index (χ4n) is 6.83. The molecule has 54 heavy (non-hydrogen) atoms. The lowest BCUT2D eigenvalue weighted by atomic mass is 9.92. The number of anilines is 1. The minimum atomic E-state index is -0.689. The van der Waals surface area contributed by atoms with Crippen molar-refractivity contribution >= 4 is 28.5 Å². The van der Waals surface area contributed by atoms with Gasteiger partial charge in [0.05, 0.1) is 11.8 Å². The fourth-order valence-corrected chi connectivity index (χ4v) is 6.83. The quantitative estimate of drug-likeness (QED) is 0.164. The largest absolute Gasteiger partial charge is 0.438 e. The van der Waals surface area contributed by atoms with Crippen LogP contribution < -0.4 is 15.6 Å². The number of aryl methyl sites for hydroxylation is 1. The van der Waals surface area contributed by atoms with Crippen LogP contribution in [0.4, 0.5) is 10.1 Å². The minimum absolute atomic E-state index is 0.156. The third-order valence-electron chi connectivity index (χ3n) is 9.21. The SMILES string of the molecule is CN(C)Cc1cccc(-c2c(-c3cnn(C)c3)oc3ncnc(Oc4ccc(NC(=O)c5cc6c(n(-c7ccc(F)cc7)c5=O)CCCC6=O)cc4)c23)c1. The van der Waals surface area contributed by atoms with E-state index in [0.29, 0.717) is 64.5 Å². The second-order valence-corrected chi connectivity index (χ2v) is 13.4. The number of hydrogen-bond donors (Lipinski definition) is 1. The van der Waals surface area contributed by atoms with Gasteiger partial charge in [0.15, 0.2) is 5.78 Å². The van der Waals surface area contributed by atoms with Crippen LogP contribution in [0, 0.1) is 5.82 Å². The van der Waals surface area contributed by atoms with Crippen molar-refractivity contribution < 1.29 is 23.1 Å². The number of carbonyl (C=O) groups excluding carboxylic acids is 2. The highest BCUT2D eigenvalue weighted by atomic mass is 19.1. The zero-order valence-electron chi connectivity index (χ0n) is 29.7. The Morgan fingerprint density at radius 3 is 2.52 bits per heavy atom. The molecule has 0 bridgehead atoms. The van der Waals surface area contributed by atoms with E-state index < -0.39 is 17.3 Å². The molecule has 0 atom stereocenters. The summed E-state index contributed by atoms with van der Waals surface area (Å²) in [4.78, 5) is 51.3. The summed E-state index contributed by atoms with van der Waals surface area (Å²) >= 11 is 0. The van der Waals surface area contributed by atoms with Crippen LogP contribution in [0.1, 0.15) is 44.8 Å². The Hall–Kier alpha value is -6.73. The minimum Gasteiger partial charge on any atom is -0.438 e. The molecule has 1 amide bonds. The standard InChI is InChI=1S/C41H34FN7O5/c1-47(2)21-24-6-4-7-25(18-24)35-36-39(43-23-44-40(36)54-37(35)26-20-45-48(3)22-26)53-30-16-12-28(13-17-30)46-38(51)32-19-31-33(8-5-9-34(31)50)49(41(32)52)29-14-10-27(42)11-15-29/h4,6-7,10-20,22-23H,5,8-9,21H2,1-3H3,(H,46,51). The molecule has 0 saturated carbocycles. The Labute approximate surface area is 308 Å². The third-order valence-corrected chi connectivity index (χ3v) is 9.21. The van der Waals surface area contributed by atoms with Gasteiger partial charge in [-0.2, -0.15) is 5.10 Å². The van der Waals surface area contributed by atoms with Crippen LogP contribution in [-0.2, 0) is 20.0 Å². The molecule has 4 aromatic heterocycles. The number of pyridine rings is 1. The topological polar surface area (TPSA) is 137 Å². The van der Waals surface area contributed by atoms with Gasteiger partial charge in [-0.15, -0.1) is 0 Å². The first-order valence-electron chi connectivity index (χ1n) is 17.3. The predicted molar refractivity (Wildman–Crippen MR) is 201 cm³/mol. The van der Waals surface area contributed by atoms with Gasteiger partial charge in [0.25, 0.3) is 11.5 Å². The maximum atomic E-state index is 13.8. The van der Waals surface area contributed by atoms with E-state index in [9.17, 15) is 18.8 Å². The molecule has 0 radical (unpaired) electrons. The van der Waals surface area contributed by atoms with Gasteiger partial charge in [-0.05, 0) is 98.7 Å². The van der Waals surface area contributed by atoms with Crippen LogP contribution in [0.3, 0.4) is 0 Å². The Bertz CT molecular complexity index is 2620. The zero-order valence-corrected chi connectivity index (χ0v) is 29.7. The number of halogens is 1. The maximum Gasteiger partial charge on any atom is 0.268 e. The van der Waals surface area contributed by atoms with E-state index in [2.05, 4.69) is 37.4 Å². The number of aromatic nitrogens is 5. The van der Waals surface area contributed by atoms with Gasteiger partial charge in [0.2, 0.25) is 11.6 Å². The van der Waals surface area contributed by atoms with Crippen molar-refractivity contribution in [2.45, 2.75) is 25.8 Å². The van der Waals surface area contributed by atoms with E-state index in [1.54, 1.807) is 35.1 Å². The molecule has 1 N–H and O–H groups in total. The summed E-state index contributed by atoms with van der Waals surface area (Å²) < 4.78 is 29.5. The van der Waals surface area contributed by atoms with Crippen molar-refractivity contribution in [3.8, 4) is 39.8 Å². The maximum absolute atomic E-state index is 13.8. The number of fused-ring (bicyclic) bond motifs is 2. The molecule has 1 aliphatic carbocycles. The third kappa shape index (κ3) is 6.56. The highest BCUT2D eigenvalue weighted by Crippen LogP contribution is 2.44. The van der Waals surface area contributed by atoms with Gasteiger partial charge in [-0.3, -0.25) is 23.6 Å². The first-order valence-corrected chi connectivity index (χ1v) is 17.3. The normalized spacial score (nSPS) is 12.6. The average Bonchev–Trinajstić information content (AvgIpc) is 3.77. The van der Waals surface area contributed by atoms with Crippen molar-refractivity contribution in [2.75, 3.05) is 19.4 Å². The molecule has 7 aromatic rings. The molecular formula is C41H34FN7O5. The van der Waals surface area contributed by atoms with Crippen LogP contribution >= 0.6 is 0 Å². The summed E-state index contributed by atoms with van der Waals surface area (Å²) in [6, 6.07) is 21.5. The molecule has 13 heteroatoms. The fraction of sp³-hybridized carbons (Fsp3) is 0.171. The number of nitrogens with zero attached hydrogens (tertiary/aromatic N) is 6. The molecule has 0 saturated heterocycles. The molecule has 4 heterocycles. The summed E-state index contributed by atoms with van der Waals surface area (Å²) in [6.45, 7) is 0.740. The Kier molecular flexibility index (Phi) is 8.91. The predicted octanol–water partition coefficient (Wildman–Crippen LogP) is 7.21. The summed E-state index contributed by atoms with van der Waals surface area (Å²) in [5.74, 6) is -0.0498. The van der Waals surface area contributed by atoms with Crippen LogP contribution in [-0.4, -0.2) is 55.0 Å². The number of furan rings is 1. The molecule has 0 unspecified atom stereocenters. The summed E-state index contributed by atoms with van der Waals surface area (Å²) in [5.41, 5.74) is 4.64. The molecule has 0 fully saturated rings. The number of ether oxygens (including phenoxy) is 1. The molecule has 1 aliphatic rings. The second kappa shape index (κ2) is 14.0. The lowest BCUT2D eigenvalue weighted by molar-refractivity contribution is 0.0971. The summed E-state index contributed by atoms with van der Waals surface area (Å²) in [5, 5.41) is 7.70. The smallest absolute Gasteiger partial charge is 0.268 e. The molecule has 12 nitrogen and oxygen atoms in total. The number of rotatable bonds is 9. The highest BCUT2D eigenvalue weighted by molar-refractivity contribution is 6.07. The second-order valence-electron chi connectivity index (χ2n) is 13.4. The van der Waals surface area contributed by atoms with Gasteiger partial charge in [-0.1, -0.05) is 18.2 Å². The van der Waals surface area contributed by atoms with E-state index in [0.717, 1.165) is 28.8 Å². The lowest BCUT2D eigenvalue weighted by Crippen LogP contribution is -2.33. The number of Topliss-reactive ketones (excluding diaryl/α,β-unsaturated/α-hetero) is 1. The monoisotopic (exact) mass is 723 g/mol. The van der Waals surface area contributed by atoms with Crippen LogP contribution in [0.15, 0.2) is 107 Å². The number of nitrogens with one attached hydrogen (secondary N) is 1. The van der Waals surface area contributed by atoms with E-state index in [1.807, 2.05) is 39.5 Å². The van der Waals surface area contributed by atoms with Crippen molar-refractivity contribution in [3.05, 3.63) is 136 Å². The number of amides is 1. The van der Waals surface area contributed by atoms with E-state index in [-0.39, 0.29) is 17.2 Å². The first-order chi connectivity index (χ1) is 26.1. The highest BCUT2D eigenvalue weighted by Gasteiger charge is 2.27. The molecule has 8 rings (SSSR count). The molecule has 0 aliphatic heterocycles. The Morgan fingerprint density at radius 1 is 0.981 bits per heavy atom. The van der Waals surface area contributed by atoms with Gasteiger partial charge in [0, 0.05) is 54.4 Å². The molecule has 270 valence electrons. The number of ketones is 1. The number of hydrogen-bond acceptors (Lipinski definition) is 9. The lowest BCUT2D eigenvalue weighted by Gasteiger charge is -2.21. The van der Waals surface area contributed by atoms with Gasteiger partial charge < -0.3 is 19.4 Å². The zero-order chi connectivity index (χ0) is 37.5. The van der Waals surface area contributed by atoms with Crippen LogP contribution in [0.25, 0.3) is 39.2 Å². The van der Waals surface area contributed by atoms with Gasteiger partial charge >= 0.3 is 0 Å². The number of benzene rings is 3. The molecule has 3 aromatic carbocycles. The van der Waals surface area contributed by atoms with E-state index in [1.165, 1.54) is 41.2 Å². The Balaban J connectivity index is 1.11. The van der Waals surface area contributed by atoms with Crippen molar-refractivity contribution in [1.29, 1.82) is 0 Å². The summed E-state index contributed by atoms with van der Waals surface area (Å²) in [7, 11) is 5.86. The van der Waals surface area contributed by atoms with Gasteiger partial charge in [0.1, 0.15) is 34.6 Å². The summed E-state index contributed by atoms with van der Waals surface area (Å²) in [6.07, 6.45) is 6.33. The molecule has 0 spiro atoms. The van der Waals surface area contributed by atoms with E-state index >= 15 is 0 Å². The van der Waals surface area contributed by atoms with Crippen molar-refractivity contribution in [1.82, 2.24) is 29.2 Å². The number of carbonyl (C=O) groups is 2.